The van der Waals surface area contributed by atoms with Crippen molar-refractivity contribution in [3.63, 3.8) is 0 Å². The van der Waals surface area contributed by atoms with Gasteiger partial charge in [0.2, 0.25) is 0 Å². The van der Waals surface area contributed by atoms with Crippen LogP contribution < -0.4 is 5.32 Å². The lowest BCUT2D eigenvalue weighted by molar-refractivity contribution is 0.358. The summed E-state index contributed by atoms with van der Waals surface area (Å²) in [5.41, 5.74) is 1.27. The summed E-state index contributed by atoms with van der Waals surface area (Å²) >= 11 is 0. The Balaban J connectivity index is 1.58. The molecule has 0 fully saturated rings. The zero-order valence-corrected chi connectivity index (χ0v) is 9.58. The predicted octanol–water partition coefficient (Wildman–Crippen LogP) is 0.778. The number of fused-ring (bicyclic) bond motifs is 1. The van der Waals surface area contributed by atoms with E-state index in [0.717, 1.165) is 31.8 Å². The number of rotatable bonds is 3. The molecular formula is C12H15N5. The van der Waals surface area contributed by atoms with E-state index in [4.69, 9.17) is 0 Å². The van der Waals surface area contributed by atoms with Crippen LogP contribution in [0.15, 0.2) is 30.9 Å². The summed E-state index contributed by atoms with van der Waals surface area (Å²) in [6, 6.07) is 4.56. The smallest absolute Gasteiger partial charge is 0.138 e. The number of hydrogen-bond acceptors (Lipinski definition) is 4. The third kappa shape index (κ3) is 2.34. The van der Waals surface area contributed by atoms with E-state index in [9.17, 15) is 0 Å². The Morgan fingerprint density at radius 1 is 1.35 bits per heavy atom. The van der Waals surface area contributed by atoms with Crippen molar-refractivity contribution in [3.8, 4) is 0 Å². The Kier molecular flexibility index (Phi) is 2.83. The zero-order valence-electron chi connectivity index (χ0n) is 9.58. The topological polar surface area (TPSA) is 55.6 Å². The molecule has 88 valence electrons. The molecule has 0 bridgehead atoms. The number of nitrogens with one attached hydrogen (secondary N) is 1. The van der Waals surface area contributed by atoms with E-state index in [0.29, 0.717) is 6.04 Å². The maximum absolute atomic E-state index is 4.23. The van der Waals surface area contributed by atoms with Gasteiger partial charge in [0.15, 0.2) is 0 Å². The molecule has 0 aliphatic carbocycles. The molecule has 1 N–H and O–H groups in total. The molecule has 1 aliphatic heterocycles. The Morgan fingerprint density at radius 2 is 2.24 bits per heavy atom. The summed E-state index contributed by atoms with van der Waals surface area (Å²) in [5, 5.41) is 7.77. The van der Waals surface area contributed by atoms with E-state index >= 15 is 0 Å². The largest absolute Gasteiger partial charge is 0.308 e. The summed E-state index contributed by atoms with van der Waals surface area (Å²) < 4.78 is 1.99. The maximum atomic E-state index is 4.23. The van der Waals surface area contributed by atoms with E-state index < -0.39 is 0 Å². The van der Waals surface area contributed by atoms with Crippen LogP contribution in [0.3, 0.4) is 0 Å². The second-order valence-electron chi connectivity index (χ2n) is 4.33. The van der Waals surface area contributed by atoms with Gasteiger partial charge in [0.25, 0.3) is 0 Å². The first-order valence-electron chi connectivity index (χ1n) is 5.91. The first-order chi connectivity index (χ1) is 8.42. The lowest BCUT2D eigenvalue weighted by atomic mass is 10.1. The van der Waals surface area contributed by atoms with E-state index in [-0.39, 0.29) is 0 Å². The normalized spacial score (nSPS) is 18.9. The lowest BCUT2D eigenvalue weighted by Crippen LogP contribution is -2.37. The third-order valence-corrected chi connectivity index (χ3v) is 3.15. The minimum absolute atomic E-state index is 0.484. The highest BCUT2D eigenvalue weighted by Gasteiger charge is 2.18. The van der Waals surface area contributed by atoms with Gasteiger partial charge >= 0.3 is 0 Å². The molecule has 1 aliphatic rings. The fraction of sp³-hybridized carbons (Fsp3) is 0.417. The molecule has 0 saturated carbocycles. The standard InChI is InChI=1S/C12H15N5/c1-2-12-15-9-16-17(12)8-11(1)14-7-10-3-5-13-6-4-10/h3-6,9,11,14H,1-2,7-8H2/t11-/m1/s1. The van der Waals surface area contributed by atoms with Gasteiger partial charge in [0.05, 0.1) is 6.54 Å². The van der Waals surface area contributed by atoms with Crippen molar-refractivity contribution in [2.75, 3.05) is 0 Å². The minimum atomic E-state index is 0.484. The van der Waals surface area contributed by atoms with Gasteiger partial charge in [-0.15, -0.1) is 0 Å². The van der Waals surface area contributed by atoms with Crippen LogP contribution in [-0.4, -0.2) is 25.8 Å². The van der Waals surface area contributed by atoms with Crippen LogP contribution in [-0.2, 0) is 19.5 Å². The number of aromatic nitrogens is 4. The van der Waals surface area contributed by atoms with Crippen LogP contribution in [0.2, 0.25) is 0 Å². The van der Waals surface area contributed by atoms with Gasteiger partial charge < -0.3 is 5.32 Å². The fourth-order valence-electron chi connectivity index (χ4n) is 2.17. The average Bonchev–Trinajstić information content (AvgIpc) is 2.85. The summed E-state index contributed by atoms with van der Waals surface area (Å²) in [5.74, 6) is 1.10. The maximum Gasteiger partial charge on any atom is 0.138 e. The number of nitrogens with zero attached hydrogens (tertiary/aromatic N) is 4. The van der Waals surface area contributed by atoms with Crippen molar-refractivity contribution in [1.29, 1.82) is 0 Å². The van der Waals surface area contributed by atoms with Gasteiger partial charge in [-0.3, -0.25) is 4.98 Å². The highest BCUT2D eigenvalue weighted by molar-refractivity contribution is 5.09. The monoisotopic (exact) mass is 229 g/mol. The molecule has 0 spiro atoms. The lowest BCUT2D eigenvalue weighted by Gasteiger charge is -2.23. The van der Waals surface area contributed by atoms with Crippen LogP contribution in [0.1, 0.15) is 17.8 Å². The van der Waals surface area contributed by atoms with Gasteiger partial charge in [-0.1, -0.05) is 0 Å². The molecule has 3 rings (SSSR count). The molecule has 5 heteroatoms. The molecule has 0 amide bonds. The molecular weight excluding hydrogens is 214 g/mol. The third-order valence-electron chi connectivity index (χ3n) is 3.15. The van der Waals surface area contributed by atoms with E-state index in [1.807, 2.05) is 29.2 Å². The molecule has 2 aromatic rings. The van der Waals surface area contributed by atoms with Crippen LogP contribution in [0.5, 0.6) is 0 Å². The molecule has 2 aromatic heterocycles. The Morgan fingerprint density at radius 3 is 3.12 bits per heavy atom. The summed E-state index contributed by atoms with van der Waals surface area (Å²) in [7, 11) is 0. The molecule has 0 saturated heterocycles. The second-order valence-corrected chi connectivity index (χ2v) is 4.33. The van der Waals surface area contributed by atoms with E-state index in [2.05, 4.69) is 20.4 Å². The van der Waals surface area contributed by atoms with Gasteiger partial charge in [-0.05, 0) is 24.1 Å². The molecule has 1 atom stereocenters. The molecule has 0 aromatic carbocycles. The predicted molar refractivity (Wildman–Crippen MR) is 63.2 cm³/mol. The quantitative estimate of drug-likeness (QED) is 0.845. The van der Waals surface area contributed by atoms with Crippen LogP contribution in [0.25, 0.3) is 0 Å². The van der Waals surface area contributed by atoms with Crippen LogP contribution in [0, 0.1) is 0 Å². The number of aryl methyl sites for hydroxylation is 1. The first-order valence-corrected chi connectivity index (χ1v) is 5.91. The van der Waals surface area contributed by atoms with Crippen molar-refractivity contribution in [2.24, 2.45) is 0 Å². The average molecular weight is 229 g/mol. The molecule has 17 heavy (non-hydrogen) atoms. The highest BCUT2D eigenvalue weighted by Crippen LogP contribution is 2.11. The molecule has 0 unspecified atom stereocenters. The summed E-state index contributed by atoms with van der Waals surface area (Å²) in [6.45, 7) is 1.80. The number of pyridine rings is 1. The Labute approximate surface area is 99.9 Å². The van der Waals surface area contributed by atoms with E-state index in [1.54, 1.807) is 6.33 Å². The zero-order chi connectivity index (χ0) is 11.5. The summed E-state index contributed by atoms with van der Waals surface area (Å²) in [6.07, 6.45) is 7.43. The molecule has 3 heterocycles. The van der Waals surface area contributed by atoms with Crippen molar-refractivity contribution < 1.29 is 0 Å². The van der Waals surface area contributed by atoms with Gasteiger partial charge in [0, 0.05) is 31.4 Å². The van der Waals surface area contributed by atoms with Crippen molar-refractivity contribution >= 4 is 0 Å². The van der Waals surface area contributed by atoms with Gasteiger partial charge in [-0.25, -0.2) is 9.67 Å². The minimum Gasteiger partial charge on any atom is -0.308 e. The number of hydrogen-bond donors (Lipinski definition) is 1. The van der Waals surface area contributed by atoms with Crippen molar-refractivity contribution in [3.05, 3.63) is 42.2 Å². The van der Waals surface area contributed by atoms with Crippen molar-refractivity contribution in [1.82, 2.24) is 25.1 Å². The molecule has 5 nitrogen and oxygen atoms in total. The second kappa shape index (κ2) is 4.63. The van der Waals surface area contributed by atoms with Gasteiger partial charge in [0.1, 0.15) is 12.2 Å². The Hall–Kier alpha value is -1.75. The van der Waals surface area contributed by atoms with Gasteiger partial charge in [-0.2, -0.15) is 5.10 Å². The first kappa shape index (κ1) is 10.4. The van der Waals surface area contributed by atoms with E-state index in [1.165, 1.54) is 5.56 Å². The highest BCUT2D eigenvalue weighted by atomic mass is 15.3. The SMILES string of the molecule is c1cc(CN[C@@H]2CCc3ncnn3C2)ccn1. The molecule has 0 radical (unpaired) electrons. The van der Waals surface area contributed by atoms with Crippen LogP contribution in [0.4, 0.5) is 0 Å². The Bertz CT molecular complexity index is 479. The van der Waals surface area contributed by atoms with Crippen LogP contribution >= 0.6 is 0 Å². The fourth-order valence-corrected chi connectivity index (χ4v) is 2.17. The van der Waals surface area contributed by atoms with Crippen molar-refractivity contribution in [2.45, 2.75) is 32.0 Å². The summed E-state index contributed by atoms with van der Waals surface area (Å²) in [4.78, 5) is 8.24.